The zero-order chi connectivity index (χ0) is 21.6. The van der Waals surface area contributed by atoms with Gasteiger partial charge >= 0.3 is 0 Å². The van der Waals surface area contributed by atoms with Crippen molar-refractivity contribution in [2.75, 3.05) is 5.32 Å². The molecule has 0 radical (unpaired) electrons. The Hall–Kier alpha value is -3.17. The molecule has 1 aliphatic carbocycles. The van der Waals surface area contributed by atoms with Gasteiger partial charge in [-0.1, -0.05) is 43.4 Å². The van der Waals surface area contributed by atoms with Gasteiger partial charge in [-0.05, 0) is 24.0 Å². The summed E-state index contributed by atoms with van der Waals surface area (Å²) in [5.41, 5.74) is 2.77. The van der Waals surface area contributed by atoms with Crippen molar-refractivity contribution in [2.45, 2.75) is 26.7 Å². The molecule has 4 aromatic rings. The van der Waals surface area contributed by atoms with Crippen LogP contribution in [0.2, 0.25) is 0 Å². The van der Waals surface area contributed by atoms with Crippen LogP contribution >= 0.6 is 22.7 Å². The summed E-state index contributed by atoms with van der Waals surface area (Å²) in [6.07, 6.45) is 4.85. The predicted molar refractivity (Wildman–Crippen MR) is 121 cm³/mol. The summed E-state index contributed by atoms with van der Waals surface area (Å²) < 4.78 is 1.77. The Morgan fingerprint density at radius 2 is 1.97 bits per heavy atom. The summed E-state index contributed by atoms with van der Waals surface area (Å²) in [4.78, 5) is 34.7. The van der Waals surface area contributed by atoms with Gasteiger partial charge in [-0.15, -0.1) is 11.3 Å². The molecular formula is C22H19N5O2S2. The van der Waals surface area contributed by atoms with E-state index in [1.807, 2.05) is 36.5 Å². The smallest absolute Gasteiger partial charge is 0.276 e. The maximum atomic E-state index is 12.7. The number of hydrogen-bond donors (Lipinski definition) is 1. The Bertz CT molecular complexity index is 1290. The molecule has 7 nitrogen and oxygen atoms in total. The lowest BCUT2D eigenvalue weighted by Gasteiger charge is -2.26. The molecule has 5 rings (SSSR count). The van der Waals surface area contributed by atoms with Crippen molar-refractivity contribution in [3.05, 3.63) is 64.4 Å². The second-order valence-corrected chi connectivity index (χ2v) is 10.1. The highest BCUT2D eigenvalue weighted by molar-refractivity contribution is 7.18. The number of carbonyl (C=O) groups excluding carboxylic acids is 2. The minimum atomic E-state index is -0.337. The van der Waals surface area contributed by atoms with Crippen LogP contribution in [-0.4, -0.2) is 31.4 Å². The number of thiazole rings is 2. The van der Waals surface area contributed by atoms with E-state index in [1.54, 1.807) is 16.3 Å². The molecule has 1 amide bonds. The number of hydrogen-bond acceptors (Lipinski definition) is 7. The van der Waals surface area contributed by atoms with E-state index in [1.165, 1.54) is 22.7 Å². The average Bonchev–Trinajstić information content (AvgIpc) is 3.47. The minimum Gasteiger partial charge on any atom is -0.296 e. The van der Waals surface area contributed by atoms with Crippen molar-refractivity contribution in [1.29, 1.82) is 0 Å². The summed E-state index contributed by atoms with van der Waals surface area (Å²) in [6.45, 7) is 4.12. The Morgan fingerprint density at radius 3 is 2.77 bits per heavy atom. The van der Waals surface area contributed by atoms with E-state index in [4.69, 9.17) is 0 Å². The van der Waals surface area contributed by atoms with Crippen LogP contribution in [0.5, 0.6) is 0 Å². The molecule has 156 valence electrons. The number of nitrogens with one attached hydrogen (secondary N) is 1. The molecule has 3 aromatic heterocycles. The van der Waals surface area contributed by atoms with Gasteiger partial charge in [0.05, 0.1) is 22.5 Å². The number of rotatable bonds is 4. The van der Waals surface area contributed by atoms with Crippen LogP contribution < -0.4 is 5.32 Å². The first kappa shape index (κ1) is 19.8. The number of aromatic nitrogens is 4. The lowest BCUT2D eigenvalue weighted by atomic mass is 9.78. The number of ketones is 1. The molecule has 0 saturated heterocycles. The fourth-order valence-electron chi connectivity index (χ4n) is 3.60. The van der Waals surface area contributed by atoms with Gasteiger partial charge in [-0.3, -0.25) is 14.9 Å². The van der Waals surface area contributed by atoms with E-state index in [-0.39, 0.29) is 17.1 Å². The van der Waals surface area contributed by atoms with Gasteiger partial charge in [0.15, 0.2) is 10.9 Å². The van der Waals surface area contributed by atoms with E-state index in [2.05, 4.69) is 34.2 Å². The topological polar surface area (TPSA) is 89.8 Å². The van der Waals surface area contributed by atoms with Crippen molar-refractivity contribution >= 4 is 39.5 Å². The third-order valence-electron chi connectivity index (χ3n) is 5.04. The first-order chi connectivity index (χ1) is 14.9. The predicted octanol–water partition coefficient (Wildman–Crippen LogP) is 4.86. The summed E-state index contributed by atoms with van der Waals surface area (Å²) in [6, 6.07) is 9.80. The molecule has 0 bridgehead atoms. The third kappa shape index (κ3) is 3.94. The van der Waals surface area contributed by atoms with Crippen molar-refractivity contribution < 1.29 is 9.59 Å². The van der Waals surface area contributed by atoms with Crippen molar-refractivity contribution in [3.63, 3.8) is 0 Å². The molecular weight excluding hydrogens is 430 g/mol. The van der Waals surface area contributed by atoms with Crippen LogP contribution in [0.15, 0.2) is 48.1 Å². The van der Waals surface area contributed by atoms with E-state index >= 15 is 0 Å². The molecule has 9 heteroatoms. The molecule has 3 heterocycles. The van der Waals surface area contributed by atoms with Gasteiger partial charge in [-0.2, -0.15) is 5.10 Å². The zero-order valence-corrected chi connectivity index (χ0v) is 18.6. The van der Waals surface area contributed by atoms with Crippen molar-refractivity contribution in [1.82, 2.24) is 19.7 Å². The Labute approximate surface area is 186 Å². The van der Waals surface area contributed by atoms with Gasteiger partial charge in [0, 0.05) is 23.6 Å². The standard InChI is InChI=1S/C22H19N5O2S2/c1-22(2)8-15-18(17(28)9-22)31-21(25-15)26-19(29)16-12-30-20(24-16)13-10-23-27(11-13)14-6-4-3-5-7-14/h3-7,10-12H,8-9H2,1-2H3,(H,25,26,29). The average molecular weight is 450 g/mol. The second kappa shape index (κ2) is 7.51. The summed E-state index contributed by atoms with van der Waals surface area (Å²) in [5, 5.41) is 10.0. The van der Waals surface area contributed by atoms with Gasteiger partial charge in [0.25, 0.3) is 5.91 Å². The van der Waals surface area contributed by atoms with Gasteiger partial charge < -0.3 is 0 Å². The molecule has 0 atom stereocenters. The molecule has 0 unspecified atom stereocenters. The molecule has 1 N–H and O–H groups in total. The number of Topliss-reactive ketones (excluding diaryl/α,β-unsaturated/α-hetero) is 1. The van der Waals surface area contributed by atoms with Gasteiger partial charge in [0.1, 0.15) is 10.7 Å². The number of para-hydroxylation sites is 1. The van der Waals surface area contributed by atoms with Crippen LogP contribution in [-0.2, 0) is 6.42 Å². The number of amides is 1. The largest absolute Gasteiger partial charge is 0.296 e. The third-order valence-corrected chi connectivity index (χ3v) is 6.99. The fourth-order valence-corrected chi connectivity index (χ4v) is 5.29. The zero-order valence-electron chi connectivity index (χ0n) is 17.0. The van der Waals surface area contributed by atoms with Gasteiger partial charge in [-0.25, -0.2) is 14.6 Å². The fraction of sp³-hybridized carbons (Fsp3) is 0.227. The maximum absolute atomic E-state index is 12.7. The van der Waals surface area contributed by atoms with Gasteiger partial charge in [0.2, 0.25) is 0 Å². The number of fused-ring (bicyclic) bond motifs is 1. The van der Waals surface area contributed by atoms with Crippen LogP contribution in [0.25, 0.3) is 16.3 Å². The van der Waals surface area contributed by atoms with Crippen LogP contribution in [0.3, 0.4) is 0 Å². The van der Waals surface area contributed by atoms with E-state index in [9.17, 15) is 9.59 Å². The van der Waals surface area contributed by atoms with Crippen molar-refractivity contribution in [3.8, 4) is 16.3 Å². The summed E-state index contributed by atoms with van der Waals surface area (Å²) in [5.74, 6) is -0.244. The number of carbonyl (C=O) groups is 2. The van der Waals surface area contributed by atoms with E-state index in [0.717, 1.165) is 23.4 Å². The Morgan fingerprint density at radius 1 is 1.16 bits per heavy atom. The van der Waals surface area contributed by atoms with Crippen molar-refractivity contribution in [2.24, 2.45) is 5.41 Å². The quantitative estimate of drug-likeness (QED) is 0.481. The molecule has 0 spiro atoms. The molecule has 0 aliphatic heterocycles. The molecule has 0 saturated carbocycles. The van der Waals surface area contributed by atoms with Crippen LogP contribution in [0.4, 0.5) is 5.13 Å². The molecule has 31 heavy (non-hydrogen) atoms. The lowest BCUT2D eigenvalue weighted by Crippen LogP contribution is -2.26. The first-order valence-electron chi connectivity index (χ1n) is 9.78. The highest BCUT2D eigenvalue weighted by atomic mass is 32.1. The number of benzene rings is 1. The maximum Gasteiger partial charge on any atom is 0.276 e. The Kier molecular flexibility index (Phi) is 4.79. The lowest BCUT2D eigenvalue weighted by molar-refractivity contribution is 0.0915. The molecule has 1 aliphatic rings. The normalized spacial score (nSPS) is 15.0. The van der Waals surface area contributed by atoms with Crippen LogP contribution in [0, 0.1) is 5.41 Å². The highest BCUT2D eigenvalue weighted by Gasteiger charge is 2.34. The number of anilines is 1. The molecule has 1 aromatic carbocycles. The first-order valence-corrected chi connectivity index (χ1v) is 11.5. The number of nitrogens with zero attached hydrogens (tertiary/aromatic N) is 4. The summed E-state index contributed by atoms with van der Waals surface area (Å²) >= 11 is 2.62. The minimum absolute atomic E-state index is 0.0932. The van der Waals surface area contributed by atoms with E-state index in [0.29, 0.717) is 27.1 Å². The monoisotopic (exact) mass is 449 g/mol. The second-order valence-electron chi connectivity index (χ2n) is 8.24. The Balaban J connectivity index is 1.33. The highest BCUT2D eigenvalue weighted by Crippen LogP contribution is 2.38. The van der Waals surface area contributed by atoms with E-state index < -0.39 is 0 Å². The van der Waals surface area contributed by atoms with Crippen LogP contribution in [0.1, 0.15) is 46.1 Å². The SMILES string of the molecule is CC1(C)CC(=O)c2sc(NC(=O)c3csc(-c4cnn(-c5ccccc5)c4)n3)nc2C1. The molecule has 0 fully saturated rings. The summed E-state index contributed by atoms with van der Waals surface area (Å²) in [7, 11) is 0.